The number of rotatable bonds is 2. The lowest BCUT2D eigenvalue weighted by Crippen LogP contribution is -2.14. The Labute approximate surface area is 102 Å². The minimum Gasteiger partial charge on any atom is -0.398 e. The Bertz CT molecular complexity index is 546. The van der Waals surface area contributed by atoms with Crippen molar-refractivity contribution in [2.24, 2.45) is 0 Å². The third kappa shape index (κ3) is 2.67. The van der Waals surface area contributed by atoms with Crippen LogP contribution >= 0.6 is 11.6 Å². The molecule has 1 amide bonds. The highest BCUT2D eigenvalue weighted by atomic mass is 35.5. The van der Waals surface area contributed by atoms with E-state index in [1.165, 1.54) is 18.5 Å². The SMILES string of the molecule is Nc1cc(C(=O)Nc2nccnn2)ccc1Cl. The average Bonchev–Trinajstić information content (AvgIpc) is 2.34. The summed E-state index contributed by atoms with van der Waals surface area (Å²) >= 11 is 5.75. The van der Waals surface area contributed by atoms with E-state index in [0.29, 0.717) is 16.3 Å². The normalized spacial score (nSPS) is 9.94. The first-order valence-corrected chi connectivity index (χ1v) is 5.04. The number of nitrogens with zero attached hydrogens (tertiary/aromatic N) is 3. The number of carbonyl (C=O) groups is 1. The summed E-state index contributed by atoms with van der Waals surface area (Å²) in [6.45, 7) is 0. The molecule has 0 fully saturated rings. The van der Waals surface area contributed by atoms with Gasteiger partial charge in [-0.3, -0.25) is 10.1 Å². The lowest BCUT2D eigenvalue weighted by Gasteiger charge is -2.04. The molecule has 0 bridgehead atoms. The molecule has 0 aliphatic heterocycles. The number of benzene rings is 1. The van der Waals surface area contributed by atoms with Crippen molar-refractivity contribution < 1.29 is 4.79 Å². The lowest BCUT2D eigenvalue weighted by atomic mass is 10.2. The number of nitrogen functional groups attached to an aromatic ring is 1. The molecule has 1 heterocycles. The molecule has 0 saturated heterocycles. The van der Waals surface area contributed by atoms with Crippen LogP contribution in [-0.2, 0) is 0 Å². The highest BCUT2D eigenvalue weighted by Gasteiger charge is 2.09. The number of nitrogens with two attached hydrogens (primary N) is 1. The molecule has 0 aliphatic carbocycles. The van der Waals surface area contributed by atoms with Crippen LogP contribution in [0.4, 0.5) is 11.6 Å². The van der Waals surface area contributed by atoms with Gasteiger partial charge in [0.25, 0.3) is 5.91 Å². The maximum absolute atomic E-state index is 11.8. The standard InChI is InChI=1S/C10H8ClN5O/c11-7-2-1-6(5-8(7)12)9(17)15-10-13-3-4-14-16-10/h1-5H,12H2,(H,13,15,16,17). The second-order valence-electron chi connectivity index (χ2n) is 3.16. The number of hydrogen-bond donors (Lipinski definition) is 2. The van der Waals surface area contributed by atoms with Crippen molar-refractivity contribution in [1.82, 2.24) is 15.2 Å². The Hall–Kier alpha value is -2.21. The zero-order valence-corrected chi connectivity index (χ0v) is 9.35. The summed E-state index contributed by atoms with van der Waals surface area (Å²) < 4.78 is 0. The van der Waals surface area contributed by atoms with E-state index in [1.54, 1.807) is 12.1 Å². The Morgan fingerprint density at radius 1 is 1.35 bits per heavy atom. The summed E-state index contributed by atoms with van der Waals surface area (Å²) in [5.41, 5.74) is 6.31. The van der Waals surface area contributed by atoms with Gasteiger partial charge in [0.2, 0.25) is 5.95 Å². The summed E-state index contributed by atoms with van der Waals surface area (Å²) in [7, 11) is 0. The summed E-state index contributed by atoms with van der Waals surface area (Å²) in [4.78, 5) is 15.6. The van der Waals surface area contributed by atoms with Gasteiger partial charge in [0, 0.05) is 5.56 Å². The largest absolute Gasteiger partial charge is 0.398 e. The summed E-state index contributed by atoms with van der Waals surface area (Å²) in [5, 5.41) is 10.1. The number of amides is 1. The Kier molecular flexibility index (Phi) is 3.15. The molecule has 7 heteroatoms. The zero-order valence-electron chi connectivity index (χ0n) is 8.59. The first-order valence-electron chi connectivity index (χ1n) is 4.67. The Morgan fingerprint density at radius 2 is 2.18 bits per heavy atom. The zero-order chi connectivity index (χ0) is 12.3. The third-order valence-corrected chi connectivity index (χ3v) is 2.31. The molecule has 6 nitrogen and oxygen atoms in total. The summed E-state index contributed by atoms with van der Waals surface area (Å²) in [6.07, 6.45) is 2.84. The van der Waals surface area contributed by atoms with Gasteiger partial charge in [-0.05, 0) is 18.2 Å². The van der Waals surface area contributed by atoms with Crippen LogP contribution in [0, 0.1) is 0 Å². The first-order chi connectivity index (χ1) is 8.16. The fraction of sp³-hybridized carbons (Fsp3) is 0. The van der Waals surface area contributed by atoms with Gasteiger partial charge in [-0.25, -0.2) is 4.98 Å². The van der Waals surface area contributed by atoms with Crippen molar-refractivity contribution >= 4 is 29.1 Å². The maximum atomic E-state index is 11.8. The van der Waals surface area contributed by atoms with Gasteiger partial charge in [-0.2, -0.15) is 5.10 Å². The smallest absolute Gasteiger partial charge is 0.258 e. The number of nitrogens with one attached hydrogen (secondary N) is 1. The number of halogens is 1. The molecule has 3 N–H and O–H groups in total. The predicted molar refractivity (Wildman–Crippen MR) is 63.6 cm³/mol. The second kappa shape index (κ2) is 4.75. The third-order valence-electron chi connectivity index (χ3n) is 1.97. The van der Waals surface area contributed by atoms with E-state index in [-0.39, 0.29) is 11.9 Å². The molecule has 0 saturated carbocycles. The second-order valence-corrected chi connectivity index (χ2v) is 3.56. The van der Waals surface area contributed by atoms with Gasteiger partial charge < -0.3 is 5.73 Å². The van der Waals surface area contributed by atoms with Gasteiger partial charge in [0.15, 0.2) is 0 Å². The van der Waals surface area contributed by atoms with Gasteiger partial charge >= 0.3 is 0 Å². The molecule has 2 aromatic rings. The molecular formula is C10H8ClN5O. The van der Waals surface area contributed by atoms with E-state index in [4.69, 9.17) is 17.3 Å². The molecule has 86 valence electrons. The topological polar surface area (TPSA) is 93.8 Å². The molecule has 17 heavy (non-hydrogen) atoms. The van der Waals surface area contributed by atoms with Crippen LogP contribution in [-0.4, -0.2) is 21.1 Å². The number of aromatic nitrogens is 3. The van der Waals surface area contributed by atoms with Crippen LogP contribution in [0.5, 0.6) is 0 Å². The molecular weight excluding hydrogens is 242 g/mol. The monoisotopic (exact) mass is 249 g/mol. The first kappa shape index (κ1) is 11.3. The number of hydrogen-bond acceptors (Lipinski definition) is 5. The average molecular weight is 250 g/mol. The van der Waals surface area contributed by atoms with E-state index >= 15 is 0 Å². The summed E-state index contributed by atoms with van der Waals surface area (Å²) in [6, 6.07) is 4.59. The number of carbonyl (C=O) groups excluding carboxylic acids is 1. The molecule has 0 aliphatic rings. The van der Waals surface area contributed by atoms with Crippen molar-refractivity contribution in [3.05, 3.63) is 41.2 Å². The van der Waals surface area contributed by atoms with Gasteiger partial charge in [-0.1, -0.05) is 11.6 Å². The Balaban J connectivity index is 2.18. The molecule has 2 rings (SSSR count). The minimum absolute atomic E-state index is 0.131. The van der Waals surface area contributed by atoms with Crippen molar-refractivity contribution in [2.45, 2.75) is 0 Å². The fourth-order valence-corrected chi connectivity index (χ4v) is 1.28. The van der Waals surface area contributed by atoms with Crippen LogP contribution in [0.15, 0.2) is 30.6 Å². The summed E-state index contributed by atoms with van der Waals surface area (Å²) in [5.74, 6) is -0.243. The van der Waals surface area contributed by atoms with E-state index in [9.17, 15) is 4.79 Å². The van der Waals surface area contributed by atoms with Gasteiger partial charge in [-0.15, -0.1) is 5.10 Å². The fourth-order valence-electron chi connectivity index (χ4n) is 1.16. The molecule has 1 aromatic carbocycles. The quantitative estimate of drug-likeness (QED) is 0.784. The van der Waals surface area contributed by atoms with Crippen molar-refractivity contribution in [3.8, 4) is 0 Å². The number of anilines is 2. The van der Waals surface area contributed by atoms with Crippen LogP contribution in [0.1, 0.15) is 10.4 Å². The highest BCUT2D eigenvalue weighted by Crippen LogP contribution is 2.19. The van der Waals surface area contributed by atoms with E-state index in [0.717, 1.165) is 0 Å². The van der Waals surface area contributed by atoms with Crippen molar-refractivity contribution in [1.29, 1.82) is 0 Å². The van der Waals surface area contributed by atoms with E-state index in [1.807, 2.05) is 0 Å². The van der Waals surface area contributed by atoms with Crippen LogP contribution in [0.3, 0.4) is 0 Å². The highest BCUT2D eigenvalue weighted by molar-refractivity contribution is 6.33. The van der Waals surface area contributed by atoms with Crippen LogP contribution < -0.4 is 11.1 Å². The molecule has 0 spiro atoms. The lowest BCUT2D eigenvalue weighted by molar-refractivity contribution is 0.102. The minimum atomic E-state index is -0.374. The van der Waals surface area contributed by atoms with E-state index < -0.39 is 0 Å². The maximum Gasteiger partial charge on any atom is 0.258 e. The molecule has 0 unspecified atom stereocenters. The van der Waals surface area contributed by atoms with Gasteiger partial charge in [0.05, 0.1) is 23.1 Å². The molecule has 0 atom stereocenters. The molecule has 0 radical (unpaired) electrons. The van der Waals surface area contributed by atoms with Crippen molar-refractivity contribution in [3.63, 3.8) is 0 Å². The van der Waals surface area contributed by atoms with E-state index in [2.05, 4.69) is 20.5 Å². The molecule has 1 aromatic heterocycles. The Morgan fingerprint density at radius 3 is 2.82 bits per heavy atom. The van der Waals surface area contributed by atoms with Crippen LogP contribution in [0.25, 0.3) is 0 Å². The van der Waals surface area contributed by atoms with Gasteiger partial charge in [0.1, 0.15) is 0 Å². The van der Waals surface area contributed by atoms with Crippen LogP contribution in [0.2, 0.25) is 5.02 Å². The van der Waals surface area contributed by atoms with Crippen molar-refractivity contribution in [2.75, 3.05) is 11.1 Å². The predicted octanol–water partition coefficient (Wildman–Crippen LogP) is 1.36.